The molecule has 0 fully saturated rings. The summed E-state index contributed by atoms with van der Waals surface area (Å²) in [6.45, 7) is 1.75. The minimum absolute atomic E-state index is 0.271. The molecule has 1 aliphatic heterocycles. The lowest BCUT2D eigenvalue weighted by molar-refractivity contribution is -0.119. The average molecular weight is 629 g/mol. The van der Waals surface area contributed by atoms with E-state index in [2.05, 4.69) is 20.6 Å². The van der Waals surface area contributed by atoms with Gasteiger partial charge < -0.3 is 16.4 Å². The first kappa shape index (κ1) is 31.3. The van der Waals surface area contributed by atoms with Gasteiger partial charge in [0.1, 0.15) is 11.5 Å². The number of nitrogens with two attached hydrogens (primary N) is 1. The highest BCUT2D eigenvalue weighted by molar-refractivity contribution is 5.96. The molecule has 14 heteroatoms. The Bertz CT molecular complexity index is 1860. The van der Waals surface area contributed by atoms with Gasteiger partial charge in [-0.25, -0.2) is 18.2 Å². The van der Waals surface area contributed by atoms with Crippen molar-refractivity contribution in [3.63, 3.8) is 0 Å². The molecule has 4 N–H and O–H groups in total. The number of anilines is 2. The molecule has 2 atom stereocenters. The normalized spacial score (nSPS) is 17.5. The van der Waals surface area contributed by atoms with Crippen molar-refractivity contribution in [2.75, 3.05) is 10.6 Å². The molecule has 2 unspecified atom stereocenters. The van der Waals surface area contributed by atoms with Gasteiger partial charge in [0.25, 0.3) is 5.56 Å². The summed E-state index contributed by atoms with van der Waals surface area (Å²) in [5.74, 6) is -3.99. The Morgan fingerprint density at radius 3 is 2.53 bits per heavy atom. The lowest BCUT2D eigenvalue weighted by Gasteiger charge is -2.23. The van der Waals surface area contributed by atoms with Crippen LogP contribution < -0.4 is 21.9 Å². The molecule has 3 heterocycles. The Kier molecular flexibility index (Phi) is 8.66. The quantitative estimate of drug-likeness (QED) is 0.222. The molecule has 2 aromatic carbocycles. The van der Waals surface area contributed by atoms with Crippen molar-refractivity contribution >= 4 is 17.3 Å². The SMILES string of the molecule is CC1CCCC(n2cnc(-c3c(N/C=C(\N)C(F)(F)F)ccc(F)c3F)cc2=O)c2ccnc(c2)-c2cc(F)ccc2NC1=O. The van der Waals surface area contributed by atoms with E-state index in [0.29, 0.717) is 54.0 Å². The number of pyridine rings is 1. The van der Waals surface area contributed by atoms with E-state index in [9.17, 15) is 31.5 Å². The summed E-state index contributed by atoms with van der Waals surface area (Å²) in [5, 5.41) is 5.05. The zero-order valence-corrected chi connectivity index (χ0v) is 23.6. The van der Waals surface area contributed by atoms with Gasteiger partial charge in [-0.3, -0.25) is 19.1 Å². The summed E-state index contributed by atoms with van der Waals surface area (Å²) in [6, 6.07) is 9.23. The number of carbonyl (C=O) groups excluding carboxylic acids is 1. The van der Waals surface area contributed by atoms with E-state index in [-0.39, 0.29) is 17.3 Å². The van der Waals surface area contributed by atoms with Gasteiger partial charge in [0.2, 0.25) is 5.91 Å². The Hall–Kier alpha value is -5.14. The summed E-state index contributed by atoms with van der Waals surface area (Å²) in [4.78, 5) is 34.9. The molecule has 1 amide bonds. The highest BCUT2D eigenvalue weighted by Gasteiger charge is 2.31. The number of hydrogen-bond donors (Lipinski definition) is 3. The number of carbonyl (C=O) groups is 1. The molecule has 1 aliphatic rings. The zero-order chi connectivity index (χ0) is 32.5. The summed E-state index contributed by atoms with van der Waals surface area (Å²) in [5.41, 5.74) is 3.24. The van der Waals surface area contributed by atoms with Gasteiger partial charge in [0.15, 0.2) is 11.6 Å². The molecular formula is C31H26F6N6O2. The molecule has 2 aromatic heterocycles. The standard InChI is InChI=1S/C31H26F6N6O2/c1-16-3-2-4-25(17-9-10-39-23(11-17)19-12-18(32)5-7-21(19)42-30(16)45)43-15-41-24(13-27(43)44)28-22(8-6-20(33)29(28)34)40-14-26(38)31(35,36)37/h5-16,25,40H,2-4,38H2,1H3,(H,42,45)/b26-14-. The Labute approximate surface area is 252 Å². The largest absolute Gasteiger partial charge is 0.432 e. The number of aromatic nitrogens is 3. The van der Waals surface area contributed by atoms with E-state index in [1.54, 1.807) is 19.1 Å². The highest BCUT2D eigenvalue weighted by atomic mass is 19.4. The second-order valence-corrected chi connectivity index (χ2v) is 10.5. The van der Waals surface area contributed by atoms with Crippen LogP contribution in [0.4, 0.5) is 37.7 Å². The van der Waals surface area contributed by atoms with E-state index in [4.69, 9.17) is 5.73 Å². The maximum Gasteiger partial charge on any atom is 0.432 e. The number of fused-ring (bicyclic) bond motifs is 4. The fourth-order valence-electron chi connectivity index (χ4n) is 5.05. The molecule has 2 bridgehead atoms. The van der Waals surface area contributed by atoms with Crippen molar-refractivity contribution in [2.45, 2.75) is 38.4 Å². The van der Waals surface area contributed by atoms with Crippen molar-refractivity contribution < 1.29 is 31.1 Å². The van der Waals surface area contributed by atoms with Crippen LogP contribution in [0.5, 0.6) is 0 Å². The van der Waals surface area contributed by atoms with Gasteiger partial charge in [-0.2, -0.15) is 13.2 Å². The number of benzene rings is 2. The fourth-order valence-corrected chi connectivity index (χ4v) is 5.05. The number of alkyl halides is 3. The van der Waals surface area contributed by atoms with Crippen LogP contribution in [0.2, 0.25) is 0 Å². The van der Waals surface area contributed by atoms with Crippen molar-refractivity contribution in [1.82, 2.24) is 14.5 Å². The Morgan fingerprint density at radius 1 is 1.02 bits per heavy atom. The van der Waals surface area contributed by atoms with Crippen LogP contribution in [-0.2, 0) is 4.79 Å². The van der Waals surface area contributed by atoms with E-state index in [1.807, 2.05) is 0 Å². The lowest BCUT2D eigenvalue weighted by Crippen LogP contribution is -2.27. The van der Waals surface area contributed by atoms with Gasteiger partial charge in [-0.05, 0) is 60.9 Å². The van der Waals surface area contributed by atoms with Crippen LogP contribution in [0, 0.1) is 23.4 Å². The molecule has 4 aromatic rings. The molecule has 0 saturated carbocycles. The number of nitrogens with zero attached hydrogens (tertiary/aromatic N) is 3. The first-order valence-electron chi connectivity index (χ1n) is 13.8. The van der Waals surface area contributed by atoms with E-state index in [0.717, 1.165) is 18.5 Å². The minimum atomic E-state index is -4.87. The van der Waals surface area contributed by atoms with Gasteiger partial charge in [-0.1, -0.05) is 13.3 Å². The van der Waals surface area contributed by atoms with Crippen LogP contribution in [0.3, 0.4) is 0 Å². The molecular weight excluding hydrogens is 602 g/mol. The predicted octanol–water partition coefficient (Wildman–Crippen LogP) is 6.51. The van der Waals surface area contributed by atoms with Crippen LogP contribution >= 0.6 is 0 Å². The highest BCUT2D eigenvalue weighted by Crippen LogP contribution is 2.34. The Balaban J connectivity index is 1.58. The molecule has 0 aliphatic carbocycles. The van der Waals surface area contributed by atoms with Crippen LogP contribution in [0.15, 0.2) is 77.7 Å². The summed E-state index contributed by atoms with van der Waals surface area (Å²) in [6.07, 6.45) is -0.560. The van der Waals surface area contributed by atoms with Crippen molar-refractivity contribution in [3.05, 3.63) is 106 Å². The number of amides is 1. The number of allylic oxidation sites excluding steroid dienone is 1. The van der Waals surface area contributed by atoms with E-state index >= 15 is 4.39 Å². The summed E-state index contributed by atoms with van der Waals surface area (Å²) in [7, 11) is 0. The number of rotatable bonds is 4. The lowest BCUT2D eigenvalue weighted by atomic mass is 9.94. The molecule has 234 valence electrons. The van der Waals surface area contributed by atoms with Gasteiger partial charge in [0, 0.05) is 29.9 Å². The summed E-state index contributed by atoms with van der Waals surface area (Å²) >= 11 is 0. The minimum Gasteiger partial charge on any atom is -0.394 e. The smallest absolute Gasteiger partial charge is 0.394 e. The first-order chi connectivity index (χ1) is 21.3. The topological polar surface area (TPSA) is 115 Å². The van der Waals surface area contributed by atoms with Gasteiger partial charge in [-0.15, -0.1) is 0 Å². The van der Waals surface area contributed by atoms with Crippen LogP contribution in [-0.4, -0.2) is 26.6 Å². The van der Waals surface area contributed by atoms with Crippen LogP contribution in [0.25, 0.3) is 22.5 Å². The molecule has 45 heavy (non-hydrogen) atoms. The van der Waals surface area contributed by atoms with Crippen molar-refractivity contribution in [3.8, 4) is 22.5 Å². The third-order valence-corrected chi connectivity index (χ3v) is 7.48. The number of halogens is 6. The zero-order valence-electron chi connectivity index (χ0n) is 23.6. The molecule has 0 saturated heterocycles. The monoisotopic (exact) mass is 628 g/mol. The van der Waals surface area contributed by atoms with Crippen molar-refractivity contribution in [2.24, 2.45) is 11.7 Å². The third-order valence-electron chi connectivity index (χ3n) is 7.48. The predicted molar refractivity (Wildman–Crippen MR) is 155 cm³/mol. The fraction of sp³-hybridized carbons (Fsp3) is 0.226. The van der Waals surface area contributed by atoms with Gasteiger partial charge >= 0.3 is 6.18 Å². The molecule has 5 rings (SSSR count). The van der Waals surface area contributed by atoms with Crippen molar-refractivity contribution in [1.29, 1.82) is 0 Å². The second kappa shape index (κ2) is 12.5. The van der Waals surface area contributed by atoms with E-state index in [1.165, 1.54) is 29.0 Å². The third kappa shape index (κ3) is 6.69. The maximum absolute atomic E-state index is 15.0. The number of hydrogen-bond acceptors (Lipinski definition) is 6. The summed E-state index contributed by atoms with van der Waals surface area (Å²) < 4.78 is 83.4. The van der Waals surface area contributed by atoms with Crippen LogP contribution in [0.1, 0.15) is 37.8 Å². The molecule has 0 radical (unpaired) electrons. The maximum atomic E-state index is 15.0. The second-order valence-electron chi connectivity index (χ2n) is 10.5. The molecule has 8 nitrogen and oxygen atoms in total. The Morgan fingerprint density at radius 2 is 1.80 bits per heavy atom. The van der Waals surface area contributed by atoms with Gasteiger partial charge in [0.05, 0.1) is 40.7 Å². The molecule has 0 spiro atoms. The first-order valence-corrected chi connectivity index (χ1v) is 13.8. The van der Waals surface area contributed by atoms with E-state index < -0.39 is 52.4 Å². The number of nitrogens with one attached hydrogen (secondary N) is 2. The average Bonchev–Trinajstić information content (AvgIpc) is 3.00.